The molecule has 0 saturated heterocycles. The van der Waals surface area contributed by atoms with E-state index in [2.05, 4.69) is 38.0 Å². The summed E-state index contributed by atoms with van der Waals surface area (Å²) in [4.78, 5) is 0. The molecule has 1 unspecified atom stereocenters. The Hall–Kier alpha value is -1.26. The average molecular weight is 216 g/mol. The Labute approximate surface area is 98.5 Å². The van der Waals surface area contributed by atoms with Crippen molar-refractivity contribution in [1.29, 1.82) is 0 Å². The molecule has 0 aliphatic heterocycles. The summed E-state index contributed by atoms with van der Waals surface area (Å²) in [6.07, 6.45) is 8.09. The lowest BCUT2D eigenvalue weighted by atomic mass is 9.98. The van der Waals surface area contributed by atoms with Gasteiger partial charge in [0.25, 0.3) is 0 Å². The zero-order chi connectivity index (χ0) is 12.0. The van der Waals surface area contributed by atoms with Crippen LogP contribution in [0.25, 0.3) is 0 Å². The van der Waals surface area contributed by atoms with E-state index in [-0.39, 0.29) is 6.10 Å². The second kappa shape index (κ2) is 6.35. The molecule has 0 aliphatic carbocycles. The molecule has 86 valence electrons. The fourth-order valence-electron chi connectivity index (χ4n) is 1.82. The van der Waals surface area contributed by atoms with Crippen LogP contribution in [0.3, 0.4) is 0 Å². The highest BCUT2D eigenvalue weighted by atomic mass is 16.3. The molecule has 1 nitrogen and oxygen atoms in total. The van der Waals surface area contributed by atoms with E-state index in [1.165, 1.54) is 16.7 Å². The van der Waals surface area contributed by atoms with Crippen molar-refractivity contribution in [1.82, 2.24) is 0 Å². The largest absolute Gasteiger partial charge is 0.393 e. The Balaban J connectivity index is 2.52. The number of hydrogen-bond acceptors (Lipinski definition) is 1. The number of unbranched alkanes of at least 4 members (excludes halogenated alkanes) is 1. The Morgan fingerprint density at radius 3 is 2.81 bits per heavy atom. The molecule has 1 rings (SSSR count). The van der Waals surface area contributed by atoms with E-state index < -0.39 is 0 Å². The number of aryl methyl sites for hydroxylation is 2. The van der Waals surface area contributed by atoms with Gasteiger partial charge in [0.1, 0.15) is 0 Å². The fourth-order valence-corrected chi connectivity index (χ4v) is 1.82. The van der Waals surface area contributed by atoms with Crippen molar-refractivity contribution in [3.63, 3.8) is 0 Å². The van der Waals surface area contributed by atoms with Crippen LogP contribution in [0.2, 0.25) is 0 Å². The van der Waals surface area contributed by atoms with Gasteiger partial charge in [-0.25, -0.2) is 0 Å². The number of hydrogen-bond donors (Lipinski definition) is 1. The van der Waals surface area contributed by atoms with E-state index in [4.69, 9.17) is 6.42 Å². The Morgan fingerprint density at radius 2 is 2.12 bits per heavy atom. The summed E-state index contributed by atoms with van der Waals surface area (Å²) in [5.41, 5.74) is 3.74. The minimum atomic E-state index is -0.270. The Morgan fingerprint density at radius 1 is 1.38 bits per heavy atom. The molecule has 0 spiro atoms. The highest BCUT2D eigenvalue weighted by molar-refractivity contribution is 5.30. The van der Waals surface area contributed by atoms with Crippen LogP contribution in [-0.4, -0.2) is 11.2 Å². The number of terminal acetylenes is 1. The second-order valence-corrected chi connectivity index (χ2v) is 4.38. The zero-order valence-corrected chi connectivity index (χ0v) is 10.2. The number of rotatable bonds is 5. The van der Waals surface area contributed by atoms with Crippen molar-refractivity contribution in [3.05, 3.63) is 34.9 Å². The van der Waals surface area contributed by atoms with Crippen molar-refractivity contribution < 1.29 is 5.11 Å². The monoisotopic (exact) mass is 216 g/mol. The zero-order valence-electron chi connectivity index (χ0n) is 10.2. The molecule has 1 atom stereocenters. The lowest BCUT2D eigenvalue weighted by Gasteiger charge is -2.12. The van der Waals surface area contributed by atoms with Crippen molar-refractivity contribution in [2.24, 2.45) is 0 Å². The summed E-state index contributed by atoms with van der Waals surface area (Å²) in [7, 11) is 0. The molecule has 0 saturated carbocycles. The summed E-state index contributed by atoms with van der Waals surface area (Å²) in [6, 6.07) is 6.36. The standard InChI is InChI=1S/C15H20O/c1-4-5-6-7-15(16)11-14-10-12(2)8-9-13(14)3/h1,8-10,15-16H,5-7,11H2,2-3H3. The van der Waals surface area contributed by atoms with Gasteiger partial charge < -0.3 is 5.11 Å². The maximum atomic E-state index is 9.88. The SMILES string of the molecule is C#CCCCC(O)Cc1cc(C)ccc1C. The Kier molecular flexibility index (Phi) is 5.08. The smallest absolute Gasteiger partial charge is 0.0581 e. The van der Waals surface area contributed by atoms with Gasteiger partial charge in [0.2, 0.25) is 0 Å². The molecule has 1 heteroatoms. The first-order valence-corrected chi connectivity index (χ1v) is 5.81. The quantitative estimate of drug-likeness (QED) is 0.592. The van der Waals surface area contributed by atoms with Gasteiger partial charge in [-0.3, -0.25) is 0 Å². The third-order valence-corrected chi connectivity index (χ3v) is 2.82. The van der Waals surface area contributed by atoms with Crippen molar-refractivity contribution in [2.45, 2.75) is 45.6 Å². The highest BCUT2D eigenvalue weighted by Crippen LogP contribution is 2.15. The van der Waals surface area contributed by atoms with Crippen LogP contribution >= 0.6 is 0 Å². The van der Waals surface area contributed by atoms with Crippen LogP contribution < -0.4 is 0 Å². The number of aliphatic hydroxyl groups excluding tert-OH is 1. The van der Waals surface area contributed by atoms with Crippen LogP contribution in [-0.2, 0) is 6.42 Å². The van der Waals surface area contributed by atoms with E-state index in [9.17, 15) is 5.11 Å². The van der Waals surface area contributed by atoms with Gasteiger partial charge in [-0.15, -0.1) is 12.3 Å². The summed E-state index contributed by atoms with van der Waals surface area (Å²) < 4.78 is 0. The molecule has 0 aromatic heterocycles. The first kappa shape index (κ1) is 12.8. The van der Waals surface area contributed by atoms with Gasteiger partial charge in [-0.2, -0.15) is 0 Å². The van der Waals surface area contributed by atoms with Crippen LogP contribution in [0.15, 0.2) is 18.2 Å². The van der Waals surface area contributed by atoms with E-state index in [0.717, 1.165) is 25.7 Å². The maximum Gasteiger partial charge on any atom is 0.0581 e. The molecular weight excluding hydrogens is 196 g/mol. The molecule has 0 aliphatic rings. The first-order chi connectivity index (χ1) is 7.63. The van der Waals surface area contributed by atoms with Gasteiger partial charge in [-0.1, -0.05) is 23.8 Å². The highest BCUT2D eigenvalue weighted by Gasteiger charge is 2.07. The van der Waals surface area contributed by atoms with Gasteiger partial charge in [0.15, 0.2) is 0 Å². The van der Waals surface area contributed by atoms with Crippen LogP contribution in [0.4, 0.5) is 0 Å². The van der Waals surface area contributed by atoms with E-state index in [1.807, 2.05) is 0 Å². The maximum absolute atomic E-state index is 9.88. The summed E-state index contributed by atoms with van der Waals surface area (Å²) in [5.74, 6) is 2.60. The molecule has 16 heavy (non-hydrogen) atoms. The fraction of sp³-hybridized carbons (Fsp3) is 0.467. The molecule has 0 amide bonds. The molecular formula is C15H20O. The number of aliphatic hydroxyl groups is 1. The molecule has 0 bridgehead atoms. The summed E-state index contributed by atoms with van der Waals surface area (Å²) >= 11 is 0. The van der Waals surface area contributed by atoms with Crippen LogP contribution in [0.5, 0.6) is 0 Å². The van der Waals surface area contributed by atoms with Crippen LogP contribution in [0.1, 0.15) is 36.0 Å². The molecule has 1 aromatic carbocycles. The predicted octanol–water partition coefficient (Wildman–Crippen LogP) is 3.01. The third kappa shape index (κ3) is 4.08. The average Bonchev–Trinajstić information content (AvgIpc) is 2.24. The summed E-state index contributed by atoms with van der Waals surface area (Å²) in [5, 5.41) is 9.88. The molecule has 0 radical (unpaired) electrons. The molecule has 1 N–H and O–H groups in total. The predicted molar refractivity (Wildman–Crippen MR) is 68.3 cm³/mol. The van der Waals surface area contributed by atoms with E-state index in [1.54, 1.807) is 0 Å². The van der Waals surface area contributed by atoms with Gasteiger partial charge in [-0.05, 0) is 44.2 Å². The van der Waals surface area contributed by atoms with Gasteiger partial charge in [0, 0.05) is 6.42 Å². The number of benzene rings is 1. The van der Waals surface area contributed by atoms with Crippen LogP contribution in [0, 0.1) is 26.2 Å². The van der Waals surface area contributed by atoms with Gasteiger partial charge in [0.05, 0.1) is 6.10 Å². The summed E-state index contributed by atoms with van der Waals surface area (Å²) in [6.45, 7) is 4.16. The van der Waals surface area contributed by atoms with Crippen molar-refractivity contribution in [2.75, 3.05) is 0 Å². The molecule has 0 heterocycles. The Bertz CT molecular complexity index is 374. The topological polar surface area (TPSA) is 20.2 Å². The van der Waals surface area contributed by atoms with Crippen molar-refractivity contribution >= 4 is 0 Å². The molecule has 1 aromatic rings. The normalized spacial score (nSPS) is 12.1. The van der Waals surface area contributed by atoms with Crippen molar-refractivity contribution in [3.8, 4) is 12.3 Å². The lowest BCUT2D eigenvalue weighted by Crippen LogP contribution is -2.11. The lowest BCUT2D eigenvalue weighted by molar-refractivity contribution is 0.162. The first-order valence-electron chi connectivity index (χ1n) is 5.81. The molecule has 0 fully saturated rings. The van der Waals surface area contributed by atoms with E-state index in [0.29, 0.717) is 0 Å². The van der Waals surface area contributed by atoms with E-state index >= 15 is 0 Å². The second-order valence-electron chi connectivity index (χ2n) is 4.38. The minimum absolute atomic E-state index is 0.270. The minimum Gasteiger partial charge on any atom is -0.393 e. The van der Waals surface area contributed by atoms with Gasteiger partial charge >= 0.3 is 0 Å². The third-order valence-electron chi connectivity index (χ3n) is 2.82.